The zero-order valence-electron chi connectivity index (χ0n) is 30.1. The standard InChI is InChI=1S/C41H44N4O6S/c1-27-10-14-34(15-11-27)52(48,49)45-26-35(30-16-19-42-32(22-30)24-36(46)29-8-6-5-7-9-29)38-37(17-20-43-39(38)45)50-33-13-12-28-18-21-44(25-31(28)23-33)40(47)51-41(2,3)4/h10-17,19-20,22-23,26,29H,5-9,18,21,24-25H2,1-4H3. The van der Waals surface area contributed by atoms with Crippen LogP contribution in [-0.4, -0.2) is 51.3 Å². The predicted molar refractivity (Wildman–Crippen MR) is 199 cm³/mol. The van der Waals surface area contributed by atoms with E-state index in [0.29, 0.717) is 53.2 Å². The number of aromatic nitrogens is 3. The van der Waals surface area contributed by atoms with Crippen molar-refractivity contribution >= 4 is 32.9 Å². The number of hydrogen-bond acceptors (Lipinski definition) is 8. The monoisotopic (exact) mass is 720 g/mol. The highest BCUT2D eigenvalue weighted by Gasteiger charge is 2.28. The molecule has 270 valence electrons. The third kappa shape index (κ3) is 7.46. The molecule has 0 radical (unpaired) electrons. The SMILES string of the molecule is Cc1ccc(S(=O)(=O)n2cc(-c3ccnc(CC(=O)C4CCCCC4)c3)c3c(Oc4ccc5c(c4)CN(C(=O)OC(C)(C)C)CC5)ccnc32)cc1. The first-order valence-electron chi connectivity index (χ1n) is 17.9. The largest absolute Gasteiger partial charge is 0.457 e. The molecule has 52 heavy (non-hydrogen) atoms. The number of amides is 1. The van der Waals surface area contributed by atoms with Gasteiger partial charge in [-0.15, -0.1) is 0 Å². The first-order valence-corrected chi connectivity index (χ1v) is 19.4. The fourth-order valence-corrected chi connectivity index (χ4v) is 8.42. The van der Waals surface area contributed by atoms with Crippen LogP contribution in [0, 0.1) is 12.8 Å². The summed E-state index contributed by atoms with van der Waals surface area (Å²) in [7, 11) is -4.06. The first kappa shape index (κ1) is 35.4. The van der Waals surface area contributed by atoms with Gasteiger partial charge in [0.05, 0.1) is 10.3 Å². The zero-order valence-corrected chi connectivity index (χ0v) is 30.9. The van der Waals surface area contributed by atoms with Gasteiger partial charge in [-0.2, -0.15) is 0 Å². The molecule has 0 saturated heterocycles. The highest BCUT2D eigenvalue weighted by atomic mass is 32.2. The van der Waals surface area contributed by atoms with Gasteiger partial charge < -0.3 is 14.4 Å². The third-order valence-corrected chi connectivity index (χ3v) is 11.5. The molecule has 4 heterocycles. The Morgan fingerprint density at radius 1 is 0.904 bits per heavy atom. The lowest BCUT2D eigenvalue weighted by molar-refractivity contribution is -0.123. The van der Waals surface area contributed by atoms with Crippen LogP contribution in [0.15, 0.2) is 84.1 Å². The molecule has 0 bridgehead atoms. The Morgan fingerprint density at radius 2 is 1.65 bits per heavy atom. The maximum absolute atomic E-state index is 14.2. The number of Topliss-reactive ketones (excluding diaryl/α,β-unsaturated/α-hetero) is 1. The van der Waals surface area contributed by atoms with E-state index in [-0.39, 0.29) is 34.8 Å². The summed E-state index contributed by atoms with van der Waals surface area (Å²) in [5.41, 5.74) is 4.52. The number of hydrogen-bond donors (Lipinski definition) is 0. The molecule has 1 fully saturated rings. The van der Waals surface area contributed by atoms with Crippen molar-refractivity contribution in [3.63, 3.8) is 0 Å². The molecule has 1 aliphatic carbocycles. The lowest BCUT2D eigenvalue weighted by atomic mass is 9.84. The van der Waals surface area contributed by atoms with Gasteiger partial charge in [0.15, 0.2) is 5.65 Å². The Hall–Kier alpha value is -5.03. The summed E-state index contributed by atoms with van der Waals surface area (Å²) in [5.74, 6) is 1.19. The Labute approximate surface area is 304 Å². The van der Waals surface area contributed by atoms with E-state index in [4.69, 9.17) is 9.47 Å². The summed E-state index contributed by atoms with van der Waals surface area (Å²) in [6, 6.07) is 17.9. The summed E-state index contributed by atoms with van der Waals surface area (Å²) in [5, 5.41) is 0.502. The third-order valence-electron chi connectivity index (χ3n) is 9.81. The van der Waals surface area contributed by atoms with Crippen molar-refractivity contribution in [2.24, 2.45) is 5.92 Å². The fraction of sp³-hybridized carbons (Fsp3) is 0.366. The molecule has 11 heteroatoms. The molecule has 7 rings (SSSR count). The molecule has 1 amide bonds. The number of nitrogens with zero attached hydrogens (tertiary/aromatic N) is 4. The number of ketones is 1. The average Bonchev–Trinajstić information content (AvgIpc) is 3.53. The van der Waals surface area contributed by atoms with Gasteiger partial charge in [0.2, 0.25) is 0 Å². The van der Waals surface area contributed by atoms with Crippen LogP contribution in [0.4, 0.5) is 4.79 Å². The molecule has 0 spiro atoms. The number of rotatable bonds is 8. The Balaban J connectivity index is 1.28. The molecule has 2 aromatic carbocycles. The average molecular weight is 721 g/mol. The van der Waals surface area contributed by atoms with Crippen molar-refractivity contribution in [3.05, 3.63) is 102 Å². The van der Waals surface area contributed by atoms with Crippen LogP contribution in [0.25, 0.3) is 22.2 Å². The molecule has 2 aliphatic rings. The van der Waals surface area contributed by atoms with Gasteiger partial charge in [0, 0.05) is 55.3 Å². The van der Waals surface area contributed by atoms with Crippen molar-refractivity contribution in [2.75, 3.05) is 6.54 Å². The molecule has 1 aliphatic heterocycles. The van der Waals surface area contributed by atoms with E-state index in [1.165, 1.54) is 16.6 Å². The van der Waals surface area contributed by atoms with E-state index < -0.39 is 15.6 Å². The van der Waals surface area contributed by atoms with Gasteiger partial charge in [0.25, 0.3) is 10.0 Å². The Kier molecular flexibility index (Phi) is 9.65. The smallest absolute Gasteiger partial charge is 0.410 e. The number of fused-ring (bicyclic) bond motifs is 2. The van der Waals surface area contributed by atoms with Crippen molar-refractivity contribution in [3.8, 4) is 22.6 Å². The van der Waals surface area contributed by atoms with Crippen molar-refractivity contribution in [1.29, 1.82) is 0 Å². The molecule has 1 saturated carbocycles. The second kappa shape index (κ2) is 14.2. The van der Waals surface area contributed by atoms with Crippen LogP contribution in [0.2, 0.25) is 0 Å². The Morgan fingerprint density at radius 3 is 2.40 bits per heavy atom. The zero-order chi connectivity index (χ0) is 36.6. The number of pyridine rings is 2. The predicted octanol–water partition coefficient (Wildman–Crippen LogP) is 8.42. The molecule has 10 nitrogen and oxygen atoms in total. The molecular weight excluding hydrogens is 677 g/mol. The summed E-state index contributed by atoms with van der Waals surface area (Å²) in [6.07, 6.45) is 10.4. The molecule has 0 unspecified atom stereocenters. The second-order valence-corrected chi connectivity index (χ2v) is 16.7. The van der Waals surface area contributed by atoms with Gasteiger partial charge in [0.1, 0.15) is 22.9 Å². The Bertz CT molecular complexity index is 2250. The quantitative estimate of drug-likeness (QED) is 0.157. The van der Waals surface area contributed by atoms with Gasteiger partial charge in [-0.05, 0) is 106 Å². The van der Waals surface area contributed by atoms with E-state index in [2.05, 4.69) is 9.97 Å². The lowest BCUT2D eigenvalue weighted by Gasteiger charge is -2.31. The number of ether oxygens (including phenoxy) is 2. The molecule has 5 aromatic rings. The lowest BCUT2D eigenvalue weighted by Crippen LogP contribution is -2.39. The fourth-order valence-electron chi connectivity index (χ4n) is 7.10. The number of carbonyl (C=O) groups is 2. The maximum Gasteiger partial charge on any atom is 0.410 e. The van der Waals surface area contributed by atoms with E-state index in [9.17, 15) is 18.0 Å². The minimum absolute atomic E-state index is 0.0535. The van der Waals surface area contributed by atoms with Crippen LogP contribution in [-0.2, 0) is 38.9 Å². The minimum Gasteiger partial charge on any atom is -0.457 e. The highest BCUT2D eigenvalue weighted by molar-refractivity contribution is 7.90. The van der Waals surface area contributed by atoms with Gasteiger partial charge >= 0.3 is 6.09 Å². The molecule has 0 atom stereocenters. The summed E-state index contributed by atoms with van der Waals surface area (Å²) >= 11 is 0. The van der Waals surface area contributed by atoms with Crippen molar-refractivity contribution in [1.82, 2.24) is 18.8 Å². The van der Waals surface area contributed by atoms with Crippen LogP contribution in [0.5, 0.6) is 11.5 Å². The first-order chi connectivity index (χ1) is 24.9. The summed E-state index contributed by atoms with van der Waals surface area (Å²) in [6.45, 7) is 8.38. The normalized spacial score (nSPS) is 15.3. The maximum atomic E-state index is 14.2. The number of carbonyl (C=O) groups excluding carboxylic acids is 2. The van der Waals surface area contributed by atoms with E-state index in [1.54, 1.807) is 47.6 Å². The second-order valence-electron chi connectivity index (χ2n) is 14.9. The minimum atomic E-state index is -4.06. The summed E-state index contributed by atoms with van der Waals surface area (Å²) < 4.78 is 41.7. The van der Waals surface area contributed by atoms with Crippen molar-refractivity contribution in [2.45, 2.75) is 89.7 Å². The van der Waals surface area contributed by atoms with Crippen LogP contribution in [0.3, 0.4) is 0 Å². The molecule has 3 aromatic heterocycles. The van der Waals surface area contributed by atoms with Gasteiger partial charge in [-0.25, -0.2) is 22.2 Å². The highest BCUT2D eigenvalue weighted by Crippen LogP contribution is 2.40. The number of aryl methyl sites for hydroxylation is 1. The molecular formula is C41H44N4O6S. The van der Waals surface area contributed by atoms with Crippen LogP contribution < -0.4 is 4.74 Å². The van der Waals surface area contributed by atoms with Gasteiger partial charge in [-0.1, -0.05) is 43.0 Å². The molecule has 0 N–H and O–H groups in total. The van der Waals surface area contributed by atoms with E-state index in [1.807, 2.05) is 58.0 Å². The van der Waals surface area contributed by atoms with Crippen molar-refractivity contribution < 1.29 is 27.5 Å². The summed E-state index contributed by atoms with van der Waals surface area (Å²) in [4.78, 5) is 37.0. The van der Waals surface area contributed by atoms with E-state index in [0.717, 1.165) is 42.4 Å². The van der Waals surface area contributed by atoms with Gasteiger partial charge in [-0.3, -0.25) is 9.78 Å². The van der Waals surface area contributed by atoms with Crippen LogP contribution in [0.1, 0.15) is 75.3 Å². The van der Waals surface area contributed by atoms with Crippen LogP contribution >= 0.6 is 0 Å². The topological polar surface area (TPSA) is 121 Å². The number of benzene rings is 2. The van der Waals surface area contributed by atoms with E-state index >= 15 is 0 Å².